The lowest BCUT2D eigenvalue weighted by atomic mass is 10.1. The van der Waals surface area contributed by atoms with Crippen LogP contribution in [0.15, 0.2) is 15.8 Å². The van der Waals surface area contributed by atoms with E-state index >= 15 is 0 Å². The molecular weight excluding hydrogens is 282 g/mol. The van der Waals surface area contributed by atoms with Crippen molar-refractivity contribution in [2.75, 3.05) is 12.3 Å². The zero-order chi connectivity index (χ0) is 13.4. The van der Waals surface area contributed by atoms with Gasteiger partial charge in [0.05, 0.1) is 6.61 Å². The van der Waals surface area contributed by atoms with E-state index in [0.717, 1.165) is 10.8 Å². The number of aromatic amines is 1. The maximum absolute atomic E-state index is 11.5. The Morgan fingerprint density at radius 1 is 1.37 bits per heavy atom. The van der Waals surface area contributed by atoms with Gasteiger partial charge in [-0.05, 0) is 0 Å². The smallest absolute Gasteiger partial charge is 0.330 e. The Morgan fingerprint density at radius 2 is 2.00 bits per heavy atom. The third kappa shape index (κ3) is 2.65. The van der Waals surface area contributed by atoms with Crippen molar-refractivity contribution >= 4 is 18.1 Å². The number of H-pyrrole nitrogens is 1. The molecule has 1 unspecified atom stereocenters. The molecule has 19 heavy (non-hydrogen) atoms. The summed E-state index contributed by atoms with van der Waals surface area (Å²) < 4.78 is 5.99. The summed E-state index contributed by atoms with van der Waals surface area (Å²) in [5.74, 6) is 0. The van der Waals surface area contributed by atoms with Crippen LogP contribution < -0.4 is 17.0 Å². The first kappa shape index (κ1) is 15.7. The van der Waals surface area contributed by atoms with E-state index in [1.54, 1.807) is 0 Å². The highest BCUT2D eigenvalue weighted by molar-refractivity contribution is 5.85. The average Bonchev–Trinajstić information content (AvgIpc) is 2.61. The Hall–Kier alpha value is -1.39. The van der Waals surface area contributed by atoms with E-state index in [0.29, 0.717) is 0 Å². The molecule has 1 aliphatic rings. The van der Waals surface area contributed by atoms with Crippen LogP contribution in [0.25, 0.3) is 0 Å². The molecule has 1 aromatic rings. The van der Waals surface area contributed by atoms with Crippen molar-refractivity contribution in [1.82, 2.24) is 9.55 Å². The standard InChI is InChI=1S/C9H13N3O6.ClH/c10-3-1-12(9(17)11-7(3)16)8-6(15)5(14)4(2-13)18-8;/h1,4-6,8,13-15H,2,10H2,(H,11,16,17);1H/t4-,5+,6?,8-;/m1./s1. The van der Waals surface area contributed by atoms with E-state index in [1.165, 1.54) is 0 Å². The number of hydrogen-bond acceptors (Lipinski definition) is 7. The summed E-state index contributed by atoms with van der Waals surface area (Å²) in [6.07, 6.45) is -3.96. The molecule has 6 N–H and O–H groups in total. The van der Waals surface area contributed by atoms with Gasteiger partial charge in [-0.1, -0.05) is 0 Å². The molecular formula is C9H14ClN3O6. The molecule has 0 aromatic carbocycles. The summed E-state index contributed by atoms with van der Waals surface area (Å²) in [7, 11) is 0. The van der Waals surface area contributed by atoms with Crippen LogP contribution in [-0.2, 0) is 4.74 Å². The quantitative estimate of drug-likeness (QED) is 0.394. The van der Waals surface area contributed by atoms with Crippen LogP contribution in [-0.4, -0.2) is 49.8 Å². The minimum Gasteiger partial charge on any atom is -0.394 e. The highest BCUT2D eigenvalue weighted by Crippen LogP contribution is 2.27. The number of hydrogen-bond donors (Lipinski definition) is 5. The molecule has 108 valence electrons. The van der Waals surface area contributed by atoms with Crippen LogP contribution in [0.1, 0.15) is 6.23 Å². The number of anilines is 1. The SMILES string of the molecule is Cl.Nc1cn([C@@H]2O[C@H](CO)[C@H](O)C2O)c(=O)[nH]c1=O. The Morgan fingerprint density at radius 3 is 2.53 bits per heavy atom. The number of aliphatic hydroxyl groups is 3. The van der Waals surface area contributed by atoms with Gasteiger partial charge < -0.3 is 25.8 Å². The first-order chi connectivity index (χ1) is 8.45. The number of ether oxygens (including phenoxy) is 1. The molecule has 0 saturated carbocycles. The van der Waals surface area contributed by atoms with Gasteiger partial charge in [-0.3, -0.25) is 14.3 Å². The zero-order valence-electron chi connectivity index (χ0n) is 9.59. The Bertz CT molecular complexity index is 558. The number of nitrogens with two attached hydrogens (primary N) is 1. The summed E-state index contributed by atoms with van der Waals surface area (Å²) in [6.45, 7) is -0.512. The predicted molar refractivity (Wildman–Crippen MR) is 66.0 cm³/mol. The monoisotopic (exact) mass is 295 g/mol. The number of nitrogens with one attached hydrogen (secondary N) is 1. The molecule has 2 heterocycles. The second kappa shape index (κ2) is 5.72. The summed E-state index contributed by atoms with van der Waals surface area (Å²) in [5.41, 5.74) is 3.55. The van der Waals surface area contributed by atoms with E-state index in [4.69, 9.17) is 15.6 Å². The molecule has 0 aliphatic carbocycles. The molecule has 4 atom stereocenters. The fourth-order valence-corrected chi connectivity index (χ4v) is 1.80. The molecule has 10 heteroatoms. The van der Waals surface area contributed by atoms with Gasteiger partial charge in [-0.2, -0.15) is 0 Å². The van der Waals surface area contributed by atoms with Crippen molar-refractivity contribution in [1.29, 1.82) is 0 Å². The van der Waals surface area contributed by atoms with Crippen LogP contribution in [0.4, 0.5) is 5.69 Å². The molecule has 1 aliphatic heterocycles. The summed E-state index contributed by atoms with van der Waals surface area (Å²) in [5, 5.41) is 28.2. The number of halogens is 1. The maximum atomic E-state index is 11.5. The maximum Gasteiger partial charge on any atom is 0.330 e. The van der Waals surface area contributed by atoms with Crippen molar-refractivity contribution in [3.05, 3.63) is 27.0 Å². The lowest BCUT2D eigenvalue weighted by molar-refractivity contribution is -0.0549. The van der Waals surface area contributed by atoms with Crippen molar-refractivity contribution in [2.45, 2.75) is 24.5 Å². The van der Waals surface area contributed by atoms with Crippen LogP contribution in [0.3, 0.4) is 0 Å². The Kier molecular flexibility index (Phi) is 4.71. The molecule has 0 spiro atoms. The number of rotatable bonds is 2. The van der Waals surface area contributed by atoms with E-state index in [2.05, 4.69) is 0 Å². The summed E-state index contributed by atoms with van der Waals surface area (Å²) in [4.78, 5) is 24.6. The lowest BCUT2D eigenvalue weighted by Crippen LogP contribution is -2.38. The Labute approximate surface area is 112 Å². The van der Waals surface area contributed by atoms with Crippen molar-refractivity contribution in [2.24, 2.45) is 0 Å². The number of aromatic nitrogens is 2. The number of nitrogens with zero attached hydrogens (tertiary/aromatic N) is 1. The highest BCUT2D eigenvalue weighted by Gasteiger charge is 2.43. The van der Waals surface area contributed by atoms with Gasteiger partial charge in [0.2, 0.25) is 0 Å². The van der Waals surface area contributed by atoms with E-state index in [1.807, 2.05) is 4.98 Å². The van der Waals surface area contributed by atoms with Crippen molar-refractivity contribution in [3.63, 3.8) is 0 Å². The third-order valence-corrected chi connectivity index (χ3v) is 2.79. The molecule has 2 rings (SSSR count). The highest BCUT2D eigenvalue weighted by atomic mass is 35.5. The normalized spacial score (nSPS) is 30.1. The van der Waals surface area contributed by atoms with Gasteiger partial charge in [-0.25, -0.2) is 4.79 Å². The predicted octanol–water partition coefficient (Wildman–Crippen LogP) is -2.85. The van der Waals surface area contributed by atoms with E-state index in [-0.39, 0.29) is 18.1 Å². The van der Waals surface area contributed by atoms with Gasteiger partial charge >= 0.3 is 5.69 Å². The number of aliphatic hydroxyl groups excluding tert-OH is 3. The van der Waals surface area contributed by atoms with Gasteiger partial charge in [0.25, 0.3) is 5.56 Å². The van der Waals surface area contributed by atoms with Crippen molar-refractivity contribution < 1.29 is 20.1 Å². The van der Waals surface area contributed by atoms with Crippen LogP contribution in [0, 0.1) is 0 Å². The minimum atomic E-state index is -1.41. The number of nitrogen functional groups attached to an aromatic ring is 1. The van der Waals surface area contributed by atoms with E-state index in [9.17, 15) is 19.8 Å². The summed E-state index contributed by atoms with van der Waals surface area (Å²) in [6, 6.07) is 0. The molecule has 9 nitrogen and oxygen atoms in total. The Balaban J connectivity index is 0.00000180. The van der Waals surface area contributed by atoms with Crippen LogP contribution in [0.2, 0.25) is 0 Å². The summed E-state index contributed by atoms with van der Waals surface area (Å²) >= 11 is 0. The van der Waals surface area contributed by atoms with Crippen molar-refractivity contribution in [3.8, 4) is 0 Å². The topological polar surface area (TPSA) is 151 Å². The first-order valence-electron chi connectivity index (χ1n) is 5.19. The van der Waals surface area contributed by atoms with Crippen LogP contribution in [0.5, 0.6) is 0 Å². The van der Waals surface area contributed by atoms with Gasteiger partial charge in [-0.15, -0.1) is 12.4 Å². The molecule has 0 amide bonds. The molecule has 1 saturated heterocycles. The molecule has 1 fully saturated rings. The van der Waals surface area contributed by atoms with Crippen LogP contribution >= 0.6 is 12.4 Å². The molecule has 0 radical (unpaired) electrons. The van der Waals surface area contributed by atoms with Gasteiger partial charge in [0.15, 0.2) is 6.23 Å². The molecule has 1 aromatic heterocycles. The van der Waals surface area contributed by atoms with Gasteiger partial charge in [0.1, 0.15) is 24.0 Å². The fourth-order valence-electron chi connectivity index (χ4n) is 1.80. The average molecular weight is 296 g/mol. The van der Waals surface area contributed by atoms with E-state index < -0.39 is 42.4 Å². The fraction of sp³-hybridized carbons (Fsp3) is 0.556. The second-order valence-electron chi connectivity index (χ2n) is 3.98. The molecule has 0 bridgehead atoms. The lowest BCUT2D eigenvalue weighted by Gasteiger charge is -2.17. The minimum absolute atomic E-state index is 0. The first-order valence-corrected chi connectivity index (χ1v) is 5.19. The zero-order valence-corrected chi connectivity index (χ0v) is 10.4. The largest absolute Gasteiger partial charge is 0.394 e. The van der Waals surface area contributed by atoms with Gasteiger partial charge in [0, 0.05) is 6.20 Å². The second-order valence-corrected chi connectivity index (χ2v) is 3.98. The third-order valence-electron chi connectivity index (χ3n) is 2.79.